The van der Waals surface area contributed by atoms with Crippen molar-refractivity contribution in [3.8, 4) is 28.7 Å². The smallest absolute Gasteiger partial charge is 0.345 e. The minimum atomic E-state index is -0.631. The predicted octanol–water partition coefficient (Wildman–Crippen LogP) is 9.33. The number of ether oxygens (including phenoxy) is 5. The Morgan fingerprint density at radius 3 is 2.11 bits per heavy atom. The zero-order valence-corrected chi connectivity index (χ0v) is 29.6. The van der Waals surface area contributed by atoms with Crippen molar-refractivity contribution in [1.29, 1.82) is 0 Å². The first-order valence-electron chi connectivity index (χ1n) is 14.7. The summed E-state index contributed by atoms with van der Waals surface area (Å²) >= 11 is 6.96. The molecule has 0 saturated carbocycles. The molecule has 1 saturated heterocycles. The molecule has 244 valence electrons. The van der Waals surface area contributed by atoms with Gasteiger partial charge in [-0.15, -0.1) is 11.8 Å². The highest BCUT2D eigenvalue weighted by molar-refractivity contribution is 9.10. The van der Waals surface area contributed by atoms with E-state index in [2.05, 4.69) is 21.2 Å². The largest absolute Gasteiger partial charge is 0.493 e. The molecule has 0 radical (unpaired) electrons. The van der Waals surface area contributed by atoms with Crippen LogP contribution in [0, 0.1) is 0 Å². The molecule has 0 bridgehead atoms. The van der Waals surface area contributed by atoms with E-state index in [9.17, 15) is 10.0 Å². The molecule has 4 rings (SSSR count). The number of carbonyl (C=O) groups excluding carboxylic acids is 1. The average Bonchev–Trinajstić information content (AvgIpc) is 3.55. The number of anilines is 1. The third kappa shape index (κ3) is 8.66. The van der Waals surface area contributed by atoms with Crippen LogP contribution in [0.4, 0.5) is 10.5 Å². The first kappa shape index (κ1) is 34.9. The van der Waals surface area contributed by atoms with Gasteiger partial charge in [0.15, 0.2) is 23.0 Å². The summed E-state index contributed by atoms with van der Waals surface area (Å²) in [5, 5.41) is 14.3. The third-order valence-corrected chi connectivity index (χ3v) is 11.0. The van der Waals surface area contributed by atoms with Gasteiger partial charge in [0.25, 0.3) is 0 Å². The number of rotatable bonds is 14. The topological polar surface area (TPSA) is 98.7 Å². The molecule has 3 aromatic carbocycles. The van der Waals surface area contributed by atoms with Gasteiger partial charge in [-0.25, -0.2) is 9.86 Å². The molecule has 0 spiro atoms. The Bertz CT molecular complexity index is 1440. The highest BCUT2D eigenvalue weighted by Crippen LogP contribution is 2.56. The van der Waals surface area contributed by atoms with Gasteiger partial charge in [0.2, 0.25) is 5.75 Å². The van der Waals surface area contributed by atoms with Crippen molar-refractivity contribution < 1.29 is 33.7 Å². The minimum Gasteiger partial charge on any atom is -0.493 e. The highest BCUT2D eigenvalue weighted by Gasteiger charge is 2.31. The number of benzene rings is 3. The van der Waals surface area contributed by atoms with Crippen LogP contribution >= 0.6 is 39.5 Å². The monoisotopic (exact) mass is 720 g/mol. The second-order valence-corrected chi connectivity index (χ2v) is 14.0. The summed E-state index contributed by atoms with van der Waals surface area (Å²) in [6.45, 7) is 4.16. The van der Waals surface area contributed by atoms with Crippen molar-refractivity contribution in [2.75, 3.05) is 40.3 Å². The predicted molar refractivity (Wildman–Crippen MR) is 184 cm³/mol. The van der Waals surface area contributed by atoms with E-state index in [0.717, 1.165) is 39.8 Å². The van der Waals surface area contributed by atoms with Gasteiger partial charge in [0.05, 0.1) is 40.7 Å². The van der Waals surface area contributed by atoms with Crippen LogP contribution in [0.15, 0.2) is 57.9 Å². The SMILES string of the molecule is CCCCN(O)C(=O)Nc1cc(C2CCC(c3cc(OC)c(OC)c(OC)c3)S2)cc(OC)c1OC(C)Sc1ccccc1Br. The Hall–Kier alpha value is -2.93. The second kappa shape index (κ2) is 16.6. The standard InChI is InChI=1S/C33H41BrN2O7S2/c1-7-8-15-36(38)33(37)35-24-16-21(17-25(39-3)31(24)43-20(2)44-30-12-10-9-11-23(30)34)28-13-14-29(45-28)22-18-26(40-4)32(42-6)27(19-22)41-5/h9-12,16-20,28-29,38H,7-8,13-15H2,1-6H3,(H,35,37). The van der Waals surface area contributed by atoms with Gasteiger partial charge >= 0.3 is 6.03 Å². The first-order chi connectivity index (χ1) is 21.7. The fourth-order valence-corrected chi connectivity index (χ4v) is 8.02. The lowest BCUT2D eigenvalue weighted by Crippen LogP contribution is -2.33. The zero-order chi connectivity index (χ0) is 32.5. The molecular weight excluding hydrogens is 680 g/mol. The molecule has 9 nitrogen and oxygen atoms in total. The Morgan fingerprint density at radius 2 is 1.56 bits per heavy atom. The lowest BCUT2D eigenvalue weighted by molar-refractivity contribution is -0.0379. The number of halogens is 1. The van der Waals surface area contributed by atoms with Crippen LogP contribution < -0.4 is 29.0 Å². The lowest BCUT2D eigenvalue weighted by Gasteiger charge is -2.23. The Morgan fingerprint density at radius 1 is 0.978 bits per heavy atom. The van der Waals surface area contributed by atoms with E-state index in [4.69, 9.17) is 23.7 Å². The normalized spacial score (nSPS) is 16.5. The first-order valence-corrected chi connectivity index (χ1v) is 17.4. The van der Waals surface area contributed by atoms with E-state index in [0.29, 0.717) is 45.9 Å². The summed E-state index contributed by atoms with van der Waals surface area (Å²) in [7, 11) is 6.41. The van der Waals surface area contributed by atoms with Crippen LogP contribution in [0.25, 0.3) is 0 Å². The van der Waals surface area contributed by atoms with Crippen LogP contribution in [-0.2, 0) is 0 Å². The molecule has 1 heterocycles. The molecule has 3 atom stereocenters. The van der Waals surface area contributed by atoms with Crippen molar-refractivity contribution in [3.63, 3.8) is 0 Å². The summed E-state index contributed by atoms with van der Waals surface area (Å²) in [5.41, 5.74) is 2.18. The van der Waals surface area contributed by atoms with Gasteiger partial charge in [-0.1, -0.05) is 37.2 Å². The highest BCUT2D eigenvalue weighted by atomic mass is 79.9. The maximum atomic E-state index is 13.1. The third-order valence-electron chi connectivity index (χ3n) is 7.36. The van der Waals surface area contributed by atoms with Crippen LogP contribution in [0.1, 0.15) is 61.2 Å². The number of methoxy groups -OCH3 is 4. The van der Waals surface area contributed by atoms with Crippen molar-refractivity contribution in [2.24, 2.45) is 0 Å². The molecule has 12 heteroatoms. The fourth-order valence-electron chi connectivity index (χ4n) is 5.09. The number of hydroxylamine groups is 2. The van der Waals surface area contributed by atoms with E-state index in [-0.39, 0.29) is 22.5 Å². The molecule has 1 aliphatic rings. The van der Waals surface area contributed by atoms with Crippen molar-refractivity contribution >= 4 is 51.2 Å². The molecular formula is C33H41BrN2O7S2. The molecule has 1 aliphatic heterocycles. The fraction of sp³-hybridized carbons (Fsp3) is 0.424. The minimum absolute atomic E-state index is 0.116. The van der Waals surface area contributed by atoms with Crippen molar-refractivity contribution in [3.05, 3.63) is 64.1 Å². The number of nitrogens with one attached hydrogen (secondary N) is 1. The summed E-state index contributed by atoms with van der Waals surface area (Å²) in [6, 6.07) is 15.2. The van der Waals surface area contributed by atoms with Gasteiger partial charge in [0, 0.05) is 19.9 Å². The molecule has 1 fully saturated rings. The molecule has 2 amide bonds. The molecule has 0 aromatic heterocycles. The number of thioether (sulfide) groups is 2. The van der Waals surface area contributed by atoms with Crippen LogP contribution in [0.5, 0.6) is 28.7 Å². The number of hydrogen-bond donors (Lipinski definition) is 2. The van der Waals surface area contributed by atoms with Gasteiger partial charge in [-0.05, 0) is 89.6 Å². The molecule has 2 N–H and O–H groups in total. The summed E-state index contributed by atoms with van der Waals surface area (Å²) in [6.07, 6.45) is 3.35. The Kier molecular flexibility index (Phi) is 12.9. The van der Waals surface area contributed by atoms with Crippen LogP contribution in [0.2, 0.25) is 0 Å². The van der Waals surface area contributed by atoms with E-state index >= 15 is 0 Å². The maximum absolute atomic E-state index is 13.1. The van der Waals surface area contributed by atoms with Crippen LogP contribution in [-0.4, -0.2) is 56.7 Å². The number of hydrogen-bond acceptors (Lipinski definition) is 9. The maximum Gasteiger partial charge on any atom is 0.345 e. The molecule has 45 heavy (non-hydrogen) atoms. The van der Waals surface area contributed by atoms with E-state index < -0.39 is 6.03 Å². The number of carbonyl (C=O) groups is 1. The van der Waals surface area contributed by atoms with Crippen molar-refractivity contribution in [2.45, 2.75) is 60.4 Å². The van der Waals surface area contributed by atoms with Gasteiger partial charge < -0.3 is 29.0 Å². The number of amides is 2. The van der Waals surface area contributed by atoms with Crippen molar-refractivity contribution in [1.82, 2.24) is 5.06 Å². The second-order valence-electron chi connectivity index (χ2n) is 10.4. The Balaban J connectivity index is 1.64. The van der Waals surface area contributed by atoms with Crippen LogP contribution in [0.3, 0.4) is 0 Å². The van der Waals surface area contributed by atoms with Gasteiger partial charge in [-0.3, -0.25) is 5.21 Å². The van der Waals surface area contributed by atoms with Gasteiger partial charge in [0.1, 0.15) is 5.44 Å². The number of unbranched alkanes of at least 4 members (excludes halogenated alkanes) is 1. The zero-order valence-electron chi connectivity index (χ0n) is 26.4. The molecule has 3 aromatic rings. The number of nitrogens with zero attached hydrogens (tertiary/aromatic N) is 1. The molecule has 3 unspecified atom stereocenters. The summed E-state index contributed by atoms with van der Waals surface area (Å²) in [5.74, 6) is 2.70. The quantitative estimate of drug-likeness (QED) is 0.0731. The molecule has 0 aliphatic carbocycles. The summed E-state index contributed by atoms with van der Waals surface area (Å²) < 4.78 is 29.9. The van der Waals surface area contributed by atoms with E-state index in [1.165, 1.54) is 11.8 Å². The lowest BCUT2D eigenvalue weighted by atomic mass is 10.0. The van der Waals surface area contributed by atoms with Gasteiger partial charge in [-0.2, -0.15) is 0 Å². The average molecular weight is 722 g/mol. The summed E-state index contributed by atoms with van der Waals surface area (Å²) in [4.78, 5) is 14.1. The van der Waals surface area contributed by atoms with E-state index in [1.807, 2.05) is 74.1 Å². The Labute approximate surface area is 282 Å². The number of urea groups is 1. The van der Waals surface area contributed by atoms with E-state index in [1.54, 1.807) is 28.4 Å².